The summed E-state index contributed by atoms with van der Waals surface area (Å²) in [5.41, 5.74) is 3.30. The molecule has 0 saturated heterocycles. The second-order valence-corrected chi connectivity index (χ2v) is 6.51. The summed E-state index contributed by atoms with van der Waals surface area (Å²) < 4.78 is 5.32. The monoisotopic (exact) mass is 358 g/mol. The number of carbonyl (C=O) groups is 1. The van der Waals surface area contributed by atoms with Crippen LogP contribution in [0.4, 0.5) is 0 Å². The zero-order valence-corrected chi connectivity index (χ0v) is 16.0. The Morgan fingerprint density at radius 1 is 1.23 bits per heavy atom. The van der Waals surface area contributed by atoms with Crippen molar-refractivity contribution in [2.24, 2.45) is 4.99 Å². The van der Waals surface area contributed by atoms with Crippen LogP contribution >= 0.6 is 0 Å². The summed E-state index contributed by atoms with van der Waals surface area (Å²) >= 11 is 0. The van der Waals surface area contributed by atoms with Gasteiger partial charge in [0.15, 0.2) is 5.96 Å². The molecule has 1 aliphatic rings. The summed E-state index contributed by atoms with van der Waals surface area (Å²) in [6.07, 6.45) is 5.04. The Morgan fingerprint density at radius 3 is 2.65 bits per heavy atom. The van der Waals surface area contributed by atoms with Gasteiger partial charge in [0.1, 0.15) is 0 Å². The zero-order valence-electron chi connectivity index (χ0n) is 16.0. The summed E-state index contributed by atoms with van der Waals surface area (Å²) in [7, 11) is 5.31. The topological polar surface area (TPSA) is 66.0 Å². The second-order valence-electron chi connectivity index (χ2n) is 6.51. The van der Waals surface area contributed by atoms with Crippen molar-refractivity contribution >= 4 is 11.9 Å². The highest BCUT2D eigenvalue weighted by molar-refractivity contribution is 5.94. The van der Waals surface area contributed by atoms with E-state index in [4.69, 9.17) is 4.74 Å². The fourth-order valence-electron chi connectivity index (χ4n) is 2.80. The van der Waals surface area contributed by atoms with Crippen LogP contribution in [0.1, 0.15) is 28.8 Å². The largest absolute Gasteiger partial charge is 0.377 e. The molecule has 6 nitrogen and oxygen atoms in total. The van der Waals surface area contributed by atoms with E-state index < -0.39 is 0 Å². The van der Waals surface area contributed by atoms with E-state index in [0.717, 1.165) is 62.7 Å². The van der Waals surface area contributed by atoms with Crippen LogP contribution in [0.2, 0.25) is 0 Å². The molecular weight excluding hydrogens is 328 g/mol. The minimum absolute atomic E-state index is 0.0275. The van der Waals surface area contributed by atoms with Crippen LogP contribution < -0.4 is 10.6 Å². The van der Waals surface area contributed by atoms with Gasteiger partial charge >= 0.3 is 0 Å². The molecule has 0 aliphatic carbocycles. The van der Waals surface area contributed by atoms with E-state index in [1.165, 1.54) is 5.57 Å². The summed E-state index contributed by atoms with van der Waals surface area (Å²) in [6.45, 7) is 3.18. The lowest BCUT2D eigenvalue weighted by atomic mass is 10.1. The lowest BCUT2D eigenvalue weighted by Crippen LogP contribution is -2.38. The Hall–Kier alpha value is -2.34. The number of carbonyl (C=O) groups excluding carboxylic acids is 1. The number of hydrogen-bond donors (Lipinski definition) is 2. The molecule has 2 N–H and O–H groups in total. The van der Waals surface area contributed by atoms with Gasteiger partial charge in [-0.15, -0.1) is 0 Å². The molecule has 1 aromatic rings. The van der Waals surface area contributed by atoms with Gasteiger partial charge in [-0.25, -0.2) is 0 Å². The lowest BCUT2D eigenvalue weighted by molar-refractivity contribution is 0.0827. The average molecular weight is 358 g/mol. The SMILES string of the molecule is CN=C(NCCC1=CCOCC1)NCCc1cccc(C(=O)N(C)C)c1. The van der Waals surface area contributed by atoms with Crippen LogP contribution in [-0.4, -0.2) is 64.2 Å². The molecule has 6 heteroatoms. The third-order valence-electron chi connectivity index (χ3n) is 4.31. The molecule has 1 heterocycles. The Kier molecular flexibility index (Phi) is 8.15. The minimum atomic E-state index is 0.0275. The number of benzene rings is 1. The summed E-state index contributed by atoms with van der Waals surface area (Å²) in [5, 5.41) is 6.67. The second kappa shape index (κ2) is 10.6. The molecule has 1 aromatic carbocycles. The highest BCUT2D eigenvalue weighted by Gasteiger charge is 2.08. The zero-order chi connectivity index (χ0) is 18.8. The Balaban J connectivity index is 1.74. The van der Waals surface area contributed by atoms with Gasteiger partial charge in [-0.2, -0.15) is 0 Å². The van der Waals surface area contributed by atoms with Crippen molar-refractivity contribution in [2.45, 2.75) is 19.3 Å². The first-order valence-corrected chi connectivity index (χ1v) is 9.11. The molecular formula is C20H30N4O2. The van der Waals surface area contributed by atoms with Gasteiger partial charge in [0.2, 0.25) is 0 Å². The van der Waals surface area contributed by atoms with Crippen molar-refractivity contribution in [1.29, 1.82) is 0 Å². The third kappa shape index (κ3) is 6.52. The Morgan fingerprint density at radius 2 is 2.00 bits per heavy atom. The van der Waals surface area contributed by atoms with E-state index in [1.807, 2.05) is 24.3 Å². The van der Waals surface area contributed by atoms with Crippen molar-refractivity contribution in [3.63, 3.8) is 0 Å². The maximum atomic E-state index is 12.0. The fraction of sp³-hybridized carbons (Fsp3) is 0.500. The molecule has 1 aliphatic heterocycles. The third-order valence-corrected chi connectivity index (χ3v) is 4.31. The summed E-state index contributed by atoms with van der Waals surface area (Å²) in [5.74, 6) is 0.831. The van der Waals surface area contributed by atoms with E-state index in [9.17, 15) is 4.79 Å². The van der Waals surface area contributed by atoms with Crippen molar-refractivity contribution in [2.75, 3.05) is 47.4 Å². The molecule has 0 radical (unpaired) electrons. The highest BCUT2D eigenvalue weighted by atomic mass is 16.5. The number of hydrogen-bond acceptors (Lipinski definition) is 3. The molecule has 0 saturated carbocycles. The number of aliphatic imine (C=N–C) groups is 1. The van der Waals surface area contributed by atoms with Gasteiger partial charge in [0.05, 0.1) is 13.2 Å². The van der Waals surface area contributed by atoms with Crippen molar-refractivity contribution in [3.05, 3.63) is 47.0 Å². The van der Waals surface area contributed by atoms with Gasteiger partial charge in [0, 0.05) is 39.8 Å². The molecule has 0 bridgehead atoms. The molecule has 0 fully saturated rings. The molecule has 0 unspecified atom stereocenters. The smallest absolute Gasteiger partial charge is 0.253 e. The normalized spacial score (nSPS) is 14.6. The summed E-state index contributed by atoms with van der Waals surface area (Å²) in [4.78, 5) is 17.9. The number of nitrogens with zero attached hydrogens (tertiary/aromatic N) is 2. The first kappa shape index (κ1) is 20.0. The van der Waals surface area contributed by atoms with Crippen LogP contribution in [0.15, 0.2) is 40.9 Å². The number of amides is 1. The van der Waals surface area contributed by atoms with Crippen molar-refractivity contribution in [3.8, 4) is 0 Å². The number of rotatable bonds is 7. The van der Waals surface area contributed by atoms with Crippen LogP contribution in [-0.2, 0) is 11.2 Å². The summed E-state index contributed by atoms with van der Waals surface area (Å²) in [6, 6.07) is 7.78. The lowest BCUT2D eigenvalue weighted by Gasteiger charge is -2.16. The van der Waals surface area contributed by atoms with Crippen molar-refractivity contribution in [1.82, 2.24) is 15.5 Å². The number of nitrogens with one attached hydrogen (secondary N) is 2. The molecule has 0 atom stereocenters. The van der Waals surface area contributed by atoms with E-state index in [2.05, 4.69) is 21.7 Å². The molecule has 142 valence electrons. The maximum Gasteiger partial charge on any atom is 0.253 e. The highest BCUT2D eigenvalue weighted by Crippen LogP contribution is 2.10. The van der Waals surface area contributed by atoms with Gasteiger partial charge in [-0.05, 0) is 37.0 Å². The van der Waals surface area contributed by atoms with E-state index in [1.54, 1.807) is 26.0 Å². The first-order chi connectivity index (χ1) is 12.6. The van der Waals surface area contributed by atoms with Gasteiger partial charge in [0.25, 0.3) is 5.91 Å². The maximum absolute atomic E-state index is 12.0. The van der Waals surface area contributed by atoms with Gasteiger partial charge < -0.3 is 20.3 Å². The van der Waals surface area contributed by atoms with Crippen LogP contribution in [0.5, 0.6) is 0 Å². The van der Waals surface area contributed by atoms with Crippen molar-refractivity contribution < 1.29 is 9.53 Å². The van der Waals surface area contributed by atoms with E-state index >= 15 is 0 Å². The van der Waals surface area contributed by atoms with Crippen LogP contribution in [0.3, 0.4) is 0 Å². The van der Waals surface area contributed by atoms with Crippen LogP contribution in [0, 0.1) is 0 Å². The average Bonchev–Trinajstić information content (AvgIpc) is 2.67. The predicted octanol–water partition coefficient (Wildman–Crippen LogP) is 1.83. The number of guanidine groups is 1. The fourth-order valence-corrected chi connectivity index (χ4v) is 2.80. The standard InChI is InChI=1S/C20H30N4O2/c1-21-20(22-11-7-16-9-13-26-14-10-16)23-12-8-17-5-4-6-18(15-17)19(25)24(2)3/h4-6,9,15H,7-8,10-14H2,1-3H3,(H2,21,22,23). The molecule has 0 spiro atoms. The van der Waals surface area contributed by atoms with Crippen LogP contribution in [0.25, 0.3) is 0 Å². The Bertz CT molecular complexity index is 653. The molecule has 0 aromatic heterocycles. The molecule has 2 rings (SSSR count). The van der Waals surface area contributed by atoms with E-state index in [-0.39, 0.29) is 5.91 Å². The minimum Gasteiger partial charge on any atom is -0.377 e. The molecule has 1 amide bonds. The number of ether oxygens (including phenoxy) is 1. The molecule has 26 heavy (non-hydrogen) atoms. The first-order valence-electron chi connectivity index (χ1n) is 9.11. The Labute approximate surface area is 156 Å². The van der Waals surface area contributed by atoms with Gasteiger partial charge in [-0.3, -0.25) is 9.79 Å². The predicted molar refractivity (Wildman–Crippen MR) is 106 cm³/mol. The van der Waals surface area contributed by atoms with Gasteiger partial charge in [-0.1, -0.05) is 23.8 Å². The quantitative estimate of drug-likeness (QED) is 0.443. The van der Waals surface area contributed by atoms with E-state index in [0.29, 0.717) is 0 Å².